The van der Waals surface area contributed by atoms with Crippen molar-refractivity contribution in [2.24, 2.45) is 0 Å². The first-order valence-electron chi connectivity index (χ1n) is 5.47. The van der Waals surface area contributed by atoms with Gasteiger partial charge in [0, 0.05) is 10.5 Å². The van der Waals surface area contributed by atoms with Crippen molar-refractivity contribution < 1.29 is 4.52 Å². The zero-order valence-electron chi connectivity index (χ0n) is 9.72. The minimum Gasteiger partial charge on any atom is -0.369 e. The Labute approximate surface area is 112 Å². The second kappa shape index (κ2) is 4.13. The van der Waals surface area contributed by atoms with Gasteiger partial charge in [-0.2, -0.15) is 0 Å². The molecule has 0 aliphatic carbocycles. The summed E-state index contributed by atoms with van der Waals surface area (Å²) in [6.07, 6.45) is 0. The minimum absolute atomic E-state index is 0.476. The molecule has 5 nitrogen and oxygen atoms in total. The Morgan fingerprint density at radius 1 is 1.39 bits per heavy atom. The number of hydrogen-bond acceptors (Lipinski definition) is 4. The van der Waals surface area contributed by atoms with E-state index in [0.717, 1.165) is 27.0 Å². The highest BCUT2D eigenvalue weighted by Crippen LogP contribution is 2.23. The Hall–Kier alpha value is -1.82. The standard InChI is InChI=1S/C12H11BrN4O/c1-7-4-9(16-18-7)6-17-11-5-8(13)2-3-10(11)15-12(17)14/h2-5H,6H2,1H3,(H2,14,15). The smallest absolute Gasteiger partial charge is 0.201 e. The molecule has 1 aromatic carbocycles. The molecule has 18 heavy (non-hydrogen) atoms. The Morgan fingerprint density at radius 2 is 2.22 bits per heavy atom. The van der Waals surface area contributed by atoms with E-state index in [1.54, 1.807) is 0 Å². The summed E-state index contributed by atoms with van der Waals surface area (Å²) in [6.45, 7) is 2.42. The quantitative estimate of drug-likeness (QED) is 0.790. The number of halogens is 1. The number of rotatable bonds is 2. The van der Waals surface area contributed by atoms with Gasteiger partial charge in [0.05, 0.1) is 17.6 Å². The number of imidazole rings is 1. The number of nitrogens with two attached hydrogens (primary N) is 1. The molecule has 0 fully saturated rings. The van der Waals surface area contributed by atoms with Crippen LogP contribution in [0.2, 0.25) is 0 Å². The van der Waals surface area contributed by atoms with E-state index >= 15 is 0 Å². The Bertz CT molecular complexity index is 716. The molecule has 2 heterocycles. The van der Waals surface area contributed by atoms with Crippen LogP contribution in [-0.2, 0) is 6.54 Å². The number of fused-ring (bicyclic) bond motifs is 1. The maximum absolute atomic E-state index is 5.94. The average Bonchev–Trinajstić information content (AvgIpc) is 2.86. The van der Waals surface area contributed by atoms with Crippen LogP contribution < -0.4 is 5.73 Å². The fourth-order valence-electron chi connectivity index (χ4n) is 1.94. The highest BCUT2D eigenvalue weighted by atomic mass is 79.9. The molecule has 0 spiro atoms. The second-order valence-corrected chi connectivity index (χ2v) is 5.03. The van der Waals surface area contributed by atoms with Crippen molar-refractivity contribution in [2.45, 2.75) is 13.5 Å². The van der Waals surface area contributed by atoms with Gasteiger partial charge in [-0.25, -0.2) is 4.98 Å². The summed E-state index contributed by atoms with van der Waals surface area (Å²) in [5.74, 6) is 1.26. The molecule has 0 unspecified atom stereocenters. The number of anilines is 1. The van der Waals surface area contributed by atoms with Gasteiger partial charge in [0.15, 0.2) is 0 Å². The maximum Gasteiger partial charge on any atom is 0.201 e. The van der Waals surface area contributed by atoms with Crippen molar-refractivity contribution in [2.75, 3.05) is 5.73 Å². The van der Waals surface area contributed by atoms with Gasteiger partial charge in [-0.3, -0.25) is 0 Å². The van der Waals surface area contributed by atoms with Crippen LogP contribution in [0, 0.1) is 6.92 Å². The summed E-state index contributed by atoms with van der Waals surface area (Å²) in [4.78, 5) is 4.32. The van der Waals surface area contributed by atoms with Crippen LogP contribution >= 0.6 is 15.9 Å². The number of nitrogens with zero attached hydrogens (tertiary/aromatic N) is 3. The third kappa shape index (κ3) is 1.88. The first-order valence-corrected chi connectivity index (χ1v) is 6.26. The molecule has 3 rings (SSSR count). The maximum atomic E-state index is 5.94. The molecular formula is C12H11BrN4O. The summed E-state index contributed by atoms with van der Waals surface area (Å²) in [7, 11) is 0. The molecule has 0 atom stereocenters. The van der Waals surface area contributed by atoms with Crippen LogP contribution in [0.25, 0.3) is 11.0 Å². The van der Waals surface area contributed by atoms with Crippen LogP contribution in [0.1, 0.15) is 11.5 Å². The fourth-order valence-corrected chi connectivity index (χ4v) is 2.28. The molecule has 2 N–H and O–H groups in total. The minimum atomic E-state index is 0.476. The second-order valence-electron chi connectivity index (χ2n) is 4.12. The number of aromatic nitrogens is 3. The summed E-state index contributed by atoms with van der Waals surface area (Å²) in [5, 5.41) is 3.97. The van der Waals surface area contributed by atoms with Crippen LogP contribution in [0.4, 0.5) is 5.95 Å². The first-order chi connectivity index (χ1) is 8.63. The molecule has 2 aromatic heterocycles. The molecule has 0 aliphatic heterocycles. The van der Waals surface area contributed by atoms with Crippen LogP contribution in [0.15, 0.2) is 33.3 Å². The third-order valence-electron chi connectivity index (χ3n) is 2.74. The van der Waals surface area contributed by atoms with Crippen molar-refractivity contribution in [3.63, 3.8) is 0 Å². The summed E-state index contributed by atoms with van der Waals surface area (Å²) >= 11 is 3.45. The zero-order valence-corrected chi connectivity index (χ0v) is 11.3. The van der Waals surface area contributed by atoms with E-state index in [9.17, 15) is 0 Å². The van der Waals surface area contributed by atoms with E-state index < -0.39 is 0 Å². The van der Waals surface area contributed by atoms with Gasteiger partial charge in [-0.15, -0.1) is 0 Å². The van der Waals surface area contributed by atoms with Crippen molar-refractivity contribution in [1.82, 2.24) is 14.7 Å². The van der Waals surface area contributed by atoms with Gasteiger partial charge in [0.2, 0.25) is 5.95 Å². The lowest BCUT2D eigenvalue weighted by Gasteiger charge is -2.03. The lowest BCUT2D eigenvalue weighted by atomic mass is 10.3. The third-order valence-corrected chi connectivity index (χ3v) is 3.23. The number of benzene rings is 1. The molecule has 92 valence electrons. The number of hydrogen-bond donors (Lipinski definition) is 1. The van der Waals surface area contributed by atoms with Crippen molar-refractivity contribution in [3.05, 3.63) is 40.2 Å². The van der Waals surface area contributed by atoms with Gasteiger partial charge in [0.25, 0.3) is 0 Å². The average molecular weight is 307 g/mol. The van der Waals surface area contributed by atoms with Gasteiger partial charge < -0.3 is 14.8 Å². The summed E-state index contributed by atoms with van der Waals surface area (Å²) in [5.41, 5.74) is 8.61. The molecular weight excluding hydrogens is 296 g/mol. The highest BCUT2D eigenvalue weighted by Gasteiger charge is 2.10. The topological polar surface area (TPSA) is 69.9 Å². The van der Waals surface area contributed by atoms with Gasteiger partial charge in [-0.1, -0.05) is 21.1 Å². The van der Waals surface area contributed by atoms with E-state index in [4.69, 9.17) is 10.3 Å². The molecule has 3 aromatic rings. The van der Waals surface area contributed by atoms with Crippen molar-refractivity contribution in [3.8, 4) is 0 Å². The van der Waals surface area contributed by atoms with Crippen molar-refractivity contribution in [1.29, 1.82) is 0 Å². The SMILES string of the molecule is Cc1cc(Cn2c(N)nc3ccc(Br)cc32)no1. The lowest BCUT2D eigenvalue weighted by molar-refractivity contribution is 0.389. The zero-order chi connectivity index (χ0) is 12.7. The molecule has 0 saturated carbocycles. The molecule has 0 amide bonds. The van der Waals surface area contributed by atoms with E-state index in [1.807, 2.05) is 35.8 Å². The molecule has 0 radical (unpaired) electrons. The monoisotopic (exact) mass is 306 g/mol. The Balaban J connectivity index is 2.10. The van der Waals surface area contributed by atoms with Crippen LogP contribution in [-0.4, -0.2) is 14.7 Å². The van der Waals surface area contributed by atoms with E-state index in [0.29, 0.717) is 12.5 Å². The van der Waals surface area contributed by atoms with Gasteiger partial charge in [-0.05, 0) is 25.1 Å². The van der Waals surface area contributed by atoms with E-state index in [1.165, 1.54) is 0 Å². The molecule has 6 heteroatoms. The normalized spacial score (nSPS) is 11.2. The largest absolute Gasteiger partial charge is 0.369 e. The predicted molar refractivity (Wildman–Crippen MR) is 72.2 cm³/mol. The summed E-state index contributed by atoms with van der Waals surface area (Å²) in [6, 6.07) is 7.76. The van der Waals surface area contributed by atoms with Crippen LogP contribution in [0.3, 0.4) is 0 Å². The highest BCUT2D eigenvalue weighted by molar-refractivity contribution is 9.10. The molecule has 0 saturated heterocycles. The Morgan fingerprint density at radius 3 is 2.94 bits per heavy atom. The molecule has 0 bridgehead atoms. The Kier molecular flexibility index (Phi) is 2.59. The van der Waals surface area contributed by atoms with E-state index in [2.05, 4.69) is 26.1 Å². The lowest BCUT2D eigenvalue weighted by Crippen LogP contribution is -2.04. The first kappa shape index (κ1) is 11.3. The molecule has 0 aliphatic rings. The van der Waals surface area contributed by atoms with Gasteiger partial charge in [0.1, 0.15) is 11.5 Å². The number of nitrogen functional groups attached to an aromatic ring is 1. The van der Waals surface area contributed by atoms with E-state index in [-0.39, 0.29) is 0 Å². The van der Waals surface area contributed by atoms with Gasteiger partial charge >= 0.3 is 0 Å². The fraction of sp³-hybridized carbons (Fsp3) is 0.167. The van der Waals surface area contributed by atoms with Crippen molar-refractivity contribution >= 4 is 32.9 Å². The predicted octanol–water partition coefficient (Wildman–Crippen LogP) is 2.73. The van der Waals surface area contributed by atoms with Crippen LogP contribution in [0.5, 0.6) is 0 Å². The summed E-state index contributed by atoms with van der Waals surface area (Å²) < 4.78 is 7.96. The number of aryl methyl sites for hydroxylation is 1.